The first-order valence-corrected chi connectivity index (χ1v) is 6.98. The lowest BCUT2D eigenvalue weighted by atomic mass is 9.87. The third-order valence-corrected chi connectivity index (χ3v) is 4.06. The molecule has 0 heterocycles. The highest BCUT2D eigenvalue weighted by Crippen LogP contribution is 2.22. The zero-order chi connectivity index (χ0) is 12.3. The van der Waals surface area contributed by atoms with Crippen molar-refractivity contribution in [2.24, 2.45) is 0 Å². The van der Waals surface area contributed by atoms with E-state index in [-0.39, 0.29) is 17.8 Å². The average molecular weight is 279 g/mol. The monoisotopic (exact) mass is 278 g/mol. The quantitative estimate of drug-likeness (QED) is 0.728. The maximum atomic E-state index is 2.26. The minimum Gasteiger partial charge on any atom is -0.147 e. The zero-order valence-corrected chi connectivity index (χ0v) is 12.9. The van der Waals surface area contributed by atoms with Crippen LogP contribution in [0.25, 0.3) is 0 Å². The van der Waals surface area contributed by atoms with Gasteiger partial charge in [0.15, 0.2) is 0 Å². The van der Waals surface area contributed by atoms with Crippen LogP contribution in [0.15, 0.2) is 54.6 Å². The van der Waals surface area contributed by atoms with E-state index in [1.807, 2.05) is 0 Å². The molecule has 2 rings (SSSR count). The predicted molar refractivity (Wildman–Crippen MR) is 86.4 cm³/mol. The van der Waals surface area contributed by atoms with Gasteiger partial charge in [0.2, 0.25) is 0 Å². The zero-order valence-electron chi connectivity index (χ0n) is 11.1. The lowest BCUT2D eigenvalue weighted by Crippen LogP contribution is -2.12. The van der Waals surface area contributed by atoms with E-state index < -0.39 is 0 Å². The highest BCUT2D eigenvalue weighted by atomic mass is 35.5. The van der Waals surface area contributed by atoms with Gasteiger partial charge in [-0.25, -0.2) is 0 Å². The van der Waals surface area contributed by atoms with Gasteiger partial charge < -0.3 is 0 Å². The number of benzene rings is 2. The lowest BCUT2D eigenvalue weighted by molar-refractivity contribution is 0.590. The SMILES string of the molecule is CC(C)(C)c1ccc(Pc2ccccc2)cc1.Cl. The first-order chi connectivity index (χ1) is 8.05. The van der Waals surface area contributed by atoms with E-state index in [2.05, 4.69) is 75.4 Å². The molecule has 0 aliphatic rings. The van der Waals surface area contributed by atoms with Crippen molar-refractivity contribution in [1.29, 1.82) is 0 Å². The summed E-state index contributed by atoms with van der Waals surface area (Å²) in [5, 5.41) is 2.81. The number of hydrogen-bond acceptors (Lipinski definition) is 0. The minimum absolute atomic E-state index is 0. The van der Waals surface area contributed by atoms with Gasteiger partial charge in [-0.05, 0) is 21.6 Å². The van der Waals surface area contributed by atoms with E-state index in [4.69, 9.17) is 0 Å². The summed E-state index contributed by atoms with van der Waals surface area (Å²) in [6, 6.07) is 19.7. The summed E-state index contributed by atoms with van der Waals surface area (Å²) in [5.41, 5.74) is 1.65. The number of hydrogen-bond donors (Lipinski definition) is 0. The van der Waals surface area contributed by atoms with Gasteiger partial charge in [-0.2, -0.15) is 0 Å². The van der Waals surface area contributed by atoms with Gasteiger partial charge in [-0.1, -0.05) is 83.9 Å². The van der Waals surface area contributed by atoms with Crippen LogP contribution >= 0.6 is 21.0 Å². The second-order valence-electron chi connectivity index (χ2n) is 5.32. The van der Waals surface area contributed by atoms with Crippen LogP contribution in [0, 0.1) is 0 Å². The molecule has 0 fully saturated rings. The molecular weight excluding hydrogens is 259 g/mol. The molecule has 18 heavy (non-hydrogen) atoms. The average Bonchev–Trinajstić information content (AvgIpc) is 2.30. The van der Waals surface area contributed by atoms with Gasteiger partial charge in [0, 0.05) is 0 Å². The molecular formula is C16H20ClP. The molecule has 2 aromatic rings. The van der Waals surface area contributed by atoms with E-state index in [9.17, 15) is 0 Å². The highest BCUT2D eigenvalue weighted by Gasteiger charge is 2.12. The Morgan fingerprint density at radius 1 is 0.722 bits per heavy atom. The Hall–Kier alpha value is -0.840. The molecule has 0 saturated heterocycles. The Balaban J connectivity index is 0.00000162. The van der Waals surface area contributed by atoms with Gasteiger partial charge >= 0.3 is 0 Å². The minimum atomic E-state index is 0. The Bertz CT molecular complexity index is 469. The Morgan fingerprint density at radius 3 is 1.72 bits per heavy atom. The van der Waals surface area contributed by atoms with Crippen molar-refractivity contribution >= 4 is 31.6 Å². The molecule has 0 nitrogen and oxygen atoms in total. The molecule has 0 radical (unpaired) electrons. The standard InChI is InChI=1S/C16H19P.ClH/c1-16(2,3)13-9-11-15(12-10-13)17-14-7-5-4-6-8-14;/h4-12,17H,1-3H3;1H. The summed E-state index contributed by atoms with van der Waals surface area (Å²) in [6.45, 7) is 6.75. The molecule has 96 valence electrons. The van der Waals surface area contributed by atoms with Gasteiger partial charge in [-0.3, -0.25) is 0 Å². The summed E-state index contributed by atoms with van der Waals surface area (Å²) < 4.78 is 0. The van der Waals surface area contributed by atoms with Crippen molar-refractivity contribution in [2.45, 2.75) is 26.2 Å². The van der Waals surface area contributed by atoms with Crippen LogP contribution in [0.1, 0.15) is 26.3 Å². The largest absolute Gasteiger partial charge is 0.147 e. The predicted octanol–water partition coefficient (Wildman–Crippen LogP) is 4.04. The highest BCUT2D eigenvalue weighted by molar-refractivity contribution is 7.55. The maximum Gasteiger partial charge on any atom is -0.0132 e. The fourth-order valence-corrected chi connectivity index (χ4v) is 2.77. The smallest absolute Gasteiger partial charge is 0.0132 e. The van der Waals surface area contributed by atoms with E-state index in [0.717, 1.165) is 8.58 Å². The second-order valence-corrected chi connectivity index (χ2v) is 6.72. The Kier molecular flexibility index (Phi) is 5.38. The molecule has 0 aromatic heterocycles. The molecule has 0 aliphatic carbocycles. The van der Waals surface area contributed by atoms with Crippen LogP contribution in [0.4, 0.5) is 0 Å². The summed E-state index contributed by atoms with van der Waals surface area (Å²) in [6.07, 6.45) is 0. The van der Waals surface area contributed by atoms with Crippen molar-refractivity contribution in [2.75, 3.05) is 0 Å². The third-order valence-electron chi connectivity index (χ3n) is 2.81. The molecule has 0 saturated carbocycles. The summed E-state index contributed by atoms with van der Waals surface area (Å²) in [5.74, 6) is 0. The van der Waals surface area contributed by atoms with E-state index in [1.165, 1.54) is 16.2 Å². The van der Waals surface area contributed by atoms with Crippen molar-refractivity contribution < 1.29 is 0 Å². The van der Waals surface area contributed by atoms with E-state index in [1.54, 1.807) is 0 Å². The summed E-state index contributed by atoms with van der Waals surface area (Å²) in [4.78, 5) is 0. The van der Waals surface area contributed by atoms with Crippen LogP contribution in [-0.2, 0) is 5.41 Å². The third kappa shape index (κ3) is 4.12. The van der Waals surface area contributed by atoms with Crippen molar-refractivity contribution in [3.8, 4) is 0 Å². The molecule has 1 unspecified atom stereocenters. The van der Waals surface area contributed by atoms with Gasteiger partial charge in [-0.15, -0.1) is 12.4 Å². The summed E-state index contributed by atoms with van der Waals surface area (Å²) in [7, 11) is 0.757. The van der Waals surface area contributed by atoms with Crippen LogP contribution in [-0.4, -0.2) is 0 Å². The normalized spacial score (nSPS) is 11.5. The molecule has 0 aliphatic heterocycles. The number of halogens is 1. The Morgan fingerprint density at radius 2 is 1.22 bits per heavy atom. The maximum absolute atomic E-state index is 2.26. The lowest BCUT2D eigenvalue weighted by Gasteiger charge is -2.19. The first-order valence-electron chi connectivity index (χ1n) is 5.98. The fraction of sp³-hybridized carbons (Fsp3) is 0.250. The molecule has 0 N–H and O–H groups in total. The molecule has 1 atom stereocenters. The molecule has 0 spiro atoms. The van der Waals surface area contributed by atoms with Crippen LogP contribution in [0.2, 0.25) is 0 Å². The fourth-order valence-electron chi connectivity index (χ4n) is 1.74. The topological polar surface area (TPSA) is 0 Å². The van der Waals surface area contributed by atoms with Gasteiger partial charge in [0.1, 0.15) is 0 Å². The second kappa shape index (κ2) is 6.36. The molecule has 0 bridgehead atoms. The van der Waals surface area contributed by atoms with E-state index in [0.29, 0.717) is 0 Å². The molecule has 2 heteroatoms. The van der Waals surface area contributed by atoms with Crippen LogP contribution in [0.3, 0.4) is 0 Å². The van der Waals surface area contributed by atoms with Crippen molar-refractivity contribution in [3.63, 3.8) is 0 Å². The van der Waals surface area contributed by atoms with Crippen LogP contribution < -0.4 is 10.6 Å². The number of rotatable bonds is 2. The molecule has 2 aromatic carbocycles. The first kappa shape index (κ1) is 15.2. The van der Waals surface area contributed by atoms with Gasteiger partial charge in [0.25, 0.3) is 0 Å². The van der Waals surface area contributed by atoms with Gasteiger partial charge in [0.05, 0.1) is 0 Å². The van der Waals surface area contributed by atoms with Crippen molar-refractivity contribution in [1.82, 2.24) is 0 Å². The van der Waals surface area contributed by atoms with Crippen LogP contribution in [0.5, 0.6) is 0 Å². The van der Waals surface area contributed by atoms with Crippen molar-refractivity contribution in [3.05, 3.63) is 60.2 Å². The molecule has 0 amide bonds. The summed E-state index contributed by atoms with van der Waals surface area (Å²) >= 11 is 0. The Labute approximate surface area is 118 Å². The van der Waals surface area contributed by atoms with E-state index >= 15 is 0 Å².